The number of nitrogens with zero attached hydrogens (tertiary/aromatic N) is 1. The average molecular weight is 227 g/mol. The Labute approximate surface area is 92.0 Å². The number of benzene rings is 1. The van der Waals surface area contributed by atoms with Gasteiger partial charge in [-0.2, -0.15) is 13.2 Å². The SMILES string of the molecule is CC(C1CN=Cc2ccccc21)C(F)(F)F. The molecule has 4 heteroatoms. The van der Waals surface area contributed by atoms with Crippen LogP contribution in [-0.4, -0.2) is 18.9 Å². The minimum Gasteiger partial charge on any atom is -0.292 e. The molecule has 2 unspecified atom stereocenters. The molecule has 16 heavy (non-hydrogen) atoms. The molecule has 1 nitrogen and oxygen atoms in total. The van der Waals surface area contributed by atoms with E-state index in [0.717, 1.165) is 11.1 Å². The van der Waals surface area contributed by atoms with Crippen LogP contribution in [0.3, 0.4) is 0 Å². The summed E-state index contributed by atoms with van der Waals surface area (Å²) in [6.45, 7) is 1.44. The fourth-order valence-corrected chi connectivity index (χ4v) is 1.98. The molecule has 1 aliphatic heterocycles. The molecule has 1 aliphatic rings. The predicted molar refractivity (Wildman–Crippen MR) is 56.9 cm³/mol. The summed E-state index contributed by atoms with van der Waals surface area (Å²) in [6, 6.07) is 7.14. The van der Waals surface area contributed by atoms with Gasteiger partial charge in [-0.25, -0.2) is 0 Å². The summed E-state index contributed by atoms with van der Waals surface area (Å²) in [7, 11) is 0. The summed E-state index contributed by atoms with van der Waals surface area (Å²) < 4.78 is 38.0. The number of hydrogen-bond acceptors (Lipinski definition) is 1. The zero-order chi connectivity index (χ0) is 11.8. The molecule has 0 fully saturated rings. The van der Waals surface area contributed by atoms with Crippen LogP contribution in [0.5, 0.6) is 0 Å². The van der Waals surface area contributed by atoms with Crippen LogP contribution < -0.4 is 0 Å². The first kappa shape index (κ1) is 11.2. The summed E-state index contributed by atoms with van der Waals surface area (Å²) in [5, 5.41) is 0. The van der Waals surface area contributed by atoms with Crippen molar-refractivity contribution in [1.29, 1.82) is 0 Å². The Balaban J connectivity index is 2.36. The highest BCUT2D eigenvalue weighted by Gasteiger charge is 2.42. The Kier molecular flexibility index (Phi) is 2.74. The first-order valence-corrected chi connectivity index (χ1v) is 5.15. The molecule has 2 atom stereocenters. The number of alkyl halides is 3. The van der Waals surface area contributed by atoms with E-state index in [2.05, 4.69) is 4.99 Å². The Bertz CT molecular complexity index is 409. The van der Waals surface area contributed by atoms with Crippen molar-refractivity contribution in [1.82, 2.24) is 0 Å². The molecule has 0 radical (unpaired) electrons. The quantitative estimate of drug-likeness (QED) is 0.697. The van der Waals surface area contributed by atoms with Crippen molar-refractivity contribution in [2.24, 2.45) is 10.9 Å². The van der Waals surface area contributed by atoms with Gasteiger partial charge in [0, 0.05) is 18.7 Å². The van der Waals surface area contributed by atoms with E-state index in [9.17, 15) is 13.2 Å². The van der Waals surface area contributed by atoms with Crippen LogP contribution in [0.15, 0.2) is 29.3 Å². The van der Waals surface area contributed by atoms with Crippen molar-refractivity contribution >= 4 is 6.21 Å². The lowest BCUT2D eigenvalue weighted by Crippen LogP contribution is -2.30. The second kappa shape index (κ2) is 3.92. The zero-order valence-corrected chi connectivity index (χ0v) is 8.83. The third-order valence-electron chi connectivity index (χ3n) is 3.05. The largest absolute Gasteiger partial charge is 0.392 e. The molecule has 1 heterocycles. The molecular weight excluding hydrogens is 215 g/mol. The highest BCUT2D eigenvalue weighted by Crippen LogP contribution is 2.39. The fraction of sp³-hybridized carbons (Fsp3) is 0.417. The van der Waals surface area contributed by atoms with Gasteiger partial charge in [0.15, 0.2) is 0 Å². The zero-order valence-electron chi connectivity index (χ0n) is 8.83. The number of fused-ring (bicyclic) bond motifs is 1. The highest BCUT2D eigenvalue weighted by atomic mass is 19.4. The summed E-state index contributed by atoms with van der Waals surface area (Å²) >= 11 is 0. The summed E-state index contributed by atoms with van der Waals surface area (Å²) in [6.07, 6.45) is -2.51. The van der Waals surface area contributed by atoms with Gasteiger partial charge in [-0.15, -0.1) is 0 Å². The van der Waals surface area contributed by atoms with Gasteiger partial charge in [-0.05, 0) is 11.1 Å². The van der Waals surface area contributed by atoms with E-state index in [1.165, 1.54) is 6.92 Å². The van der Waals surface area contributed by atoms with Crippen molar-refractivity contribution in [3.63, 3.8) is 0 Å². The van der Waals surface area contributed by atoms with Gasteiger partial charge in [0.05, 0.1) is 5.92 Å². The third kappa shape index (κ3) is 1.96. The van der Waals surface area contributed by atoms with Gasteiger partial charge in [-0.3, -0.25) is 4.99 Å². The molecular formula is C12H12F3N. The van der Waals surface area contributed by atoms with Crippen LogP contribution in [0.4, 0.5) is 13.2 Å². The normalized spacial score (nSPS) is 21.6. The van der Waals surface area contributed by atoms with Crippen LogP contribution in [0, 0.1) is 5.92 Å². The van der Waals surface area contributed by atoms with Gasteiger partial charge in [0.2, 0.25) is 0 Å². The monoisotopic (exact) mass is 227 g/mol. The van der Waals surface area contributed by atoms with Crippen molar-refractivity contribution in [2.75, 3.05) is 6.54 Å². The molecule has 86 valence electrons. The number of aliphatic imine (C=N–C) groups is 1. The maximum Gasteiger partial charge on any atom is 0.392 e. The number of halogens is 3. The topological polar surface area (TPSA) is 12.4 Å². The van der Waals surface area contributed by atoms with Crippen LogP contribution in [-0.2, 0) is 0 Å². The van der Waals surface area contributed by atoms with Gasteiger partial charge in [0.1, 0.15) is 0 Å². The molecule has 1 aromatic carbocycles. The lowest BCUT2D eigenvalue weighted by Gasteiger charge is -2.28. The first-order valence-electron chi connectivity index (χ1n) is 5.15. The lowest BCUT2D eigenvalue weighted by atomic mass is 9.83. The maximum atomic E-state index is 12.7. The standard InChI is InChI=1S/C12H12F3N/c1-8(12(13,14)15)11-7-16-6-9-4-2-3-5-10(9)11/h2-6,8,11H,7H2,1H3. The van der Waals surface area contributed by atoms with Crippen LogP contribution in [0.2, 0.25) is 0 Å². The Morgan fingerprint density at radius 3 is 2.69 bits per heavy atom. The lowest BCUT2D eigenvalue weighted by molar-refractivity contribution is -0.175. The van der Waals surface area contributed by atoms with E-state index in [4.69, 9.17) is 0 Å². The smallest absolute Gasteiger partial charge is 0.292 e. The van der Waals surface area contributed by atoms with Gasteiger partial charge in [-0.1, -0.05) is 31.2 Å². The van der Waals surface area contributed by atoms with Crippen molar-refractivity contribution in [2.45, 2.75) is 19.0 Å². The van der Waals surface area contributed by atoms with Crippen molar-refractivity contribution in [3.8, 4) is 0 Å². The summed E-state index contributed by atoms with van der Waals surface area (Å²) in [5.74, 6) is -1.91. The van der Waals surface area contributed by atoms with Crippen molar-refractivity contribution < 1.29 is 13.2 Å². The predicted octanol–water partition coefficient (Wildman–Crippen LogP) is 3.40. The highest BCUT2D eigenvalue weighted by molar-refractivity contribution is 5.83. The molecule has 0 N–H and O–H groups in total. The molecule has 2 rings (SSSR count). The average Bonchev–Trinajstić information content (AvgIpc) is 2.26. The van der Waals surface area contributed by atoms with Crippen LogP contribution in [0.25, 0.3) is 0 Å². The van der Waals surface area contributed by atoms with E-state index in [-0.39, 0.29) is 6.54 Å². The van der Waals surface area contributed by atoms with Crippen molar-refractivity contribution in [3.05, 3.63) is 35.4 Å². The van der Waals surface area contributed by atoms with E-state index >= 15 is 0 Å². The van der Waals surface area contributed by atoms with Crippen LogP contribution in [0.1, 0.15) is 24.0 Å². The maximum absolute atomic E-state index is 12.7. The number of rotatable bonds is 1. The molecule has 0 bridgehead atoms. The minimum atomic E-state index is -4.16. The Morgan fingerprint density at radius 2 is 2.00 bits per heavy atom. The molecule has 0 spiro atoms. The minimum absolute atomic E-state index is 0.220. The molecule has 0 saturated heterocycles. The molecule has 0 aliphatic carbocycles. The molecule has 0 aromatic heterocycles. The Hall–Kier alpha value is -1.32. The first-order chi connectivity index (χ1) is 7.50. The van der Waals surface area contributed by atoms with E-state index < -0.39 is 18.0 Å². The summed E-state index contributed by atoms with van der Waals surface area (Å²) in [5.41, 5.74) is 1.55. The van der Waals surface area contributed by atoms with Gasteiger partial charge in [0.25, 0.3) is 0 Å². The van der Waals surface area contributed by atoms with Gasteiger partial charge < -0.3 is 0 Å². The van der Waals surface area contributed by atoms with E-state index in [1.807, 2.05) is 6.07 Å². The second-order valence-corrected chi connectivity index (χ2v) is 4.06. The Morgan fingerprint density at radius 1 is 1.31 bits per heavy atom. The molecule has 1 aromatic rings. The van der Waals surface area contributed by atoms with E-state index in [0.29, 0.717) is 0 Å². The fourth-order valence-electron chi connectivity index (χ4n) is 1.98. The van der Waals surface area contributed by atoms with E-state index in [1.54, 1.807) is 24.4 Å². The number of hydrogen-bond donors (Lipinski definition) is 0. The second-order valence-electron chi connectivity index (χ2n) is 4.06. The third-order valence-corrected chi connectivity index (χ3v) is 3.05. The van der Waals surface area contributed by atoms with Crippen LogP contribution >= 0.6 is 0 Å². The van der Waals surface area contributed by atoms with Gasteiger partial charge >= 0.3 is 6.18 Å². The summed E-state index contributed by atoms with van der Waals surface area (Å²) in [4.78, 5) is 4.01. The molecule has 0 amide bonds. The molecule has 0 saturated carbocycles.